The minimum atomic E-state index is -0.0575. The topological polar surface area (TPSA) is 32.3 Å². The fourth-order valence-electron chi connectivity index (χ4n) is 2.70. The van der Waals surface area contributed by atoms with E-state index in [9.17, 15) is 4.79 Å². The van der Waals surface area contributed by atoms with Crippen molar-refractivity contribution in [2.75, 3.05) is 11.9 Å². The Balaban J connectivity index is 1.74. The molecule has 21 heavy (non-hydrogen) atoms. The maximum atomic E-state index is 12.5. The number of nitrogens with one attached hydrogen (secondary N) is 1. The van der Waals surface area contributed by atoms with Gasteiger partial charge in [0.15, 0.2) is 0 Å². The average Bonchev–Trinajstić information content (AvgIpc) is 3.18. The molecule has 1 fully saturated rings. The number of hydrogen-bond acceptors (Lipinski definition) is 2. The Morgan fingerprint density at radius 1 is 1.43 bits per heavy atom. The summed E-state index contributed by atoms with van der Waals surface area (Å²) >= 11 is 1.67. The maximum absolute atomic E-state index is 12.5. The molecule has 2 aromatic rings. The summed E-state index contributed by atoms with van der Waals surface area (Å²) in [6.07, 6.45) is 7.45. The highest BCUT2D eigenvalue weighted by atomic mass is 32.1. The third-order valence-corrected chi connectivity index (χ3v) is 4.42. The normalized spacial score (nSPS) is 17.5. The molecule has 3 nitrogen and oxygen atoms in total. The number of thiophene rings is 1. The summed E-state index contributed by atoms with van der Waals surface area (Å²) in [6, 6.07) is 9.59. The maximum Gasteiger partial charge on any atom is 0.322 e. The number of carbonyl (C=O) groups is 1. The summed E-state index contributed by atoms with van der Waals surface area (Å²) in [7, 11) is 0. The molecule has 1 aliphatic heterocycles. The zero-order chi connectivity index (χ0) is 14.7. The van der Waals surface area contributed by atoms with Crippen molar-refractivity contribution in [2.45, 2.75) is 18.9 Å². The van der Waals surface area contributed by atoms with Crippen LogP contribution in [-0.4, -0.2) is 17.5 Å². The Morgan fingerprint density at radius 3 is 3.10 bits per heavy atom. The molecule has 1 N–H and O–H groups in total. The number of benzene rings is 1. The molecule has 106 valence electrons. The molecular formula is C17H16N2OS. The van der Waals surface area contributed by atoms with Crippen LogP contribution in [0.3, 0.4) is 0 Å². The van der Waals surface area contributed by atoms with Crippen LogP contribution in [0.15, 0.2) is 41.1 Å². The van der Waals surface area contributed by atoms with Crippen molar-refractivity contribution in [3.05, 3.63) is 52.2 Å². The number of nitrogens with zero attached hydrogens (tertiary/aromatic N) is 1. The lowest BCUT2D eigenvalue weighted by Crippen LogP contribution is -2.34. The van der Waals surface area contributed by atoms with Crippen LogP contribution in [0.5, 0.6) is 0 Å². The van der Waals surface area contributed by atoms with Crippen molar-refractivity contribution < 1.29 is 4.79 Å². The van der Waals surface area contributed by atoms with Gasteiger partial charge >= 0.3 is 6.03 Å². The zero-order valence-electron chi connectivity index (χ0n) is 11.6. The predicted molar refractivity (Wildman–Crippen MR) is 86.4 cm³/mol. The number of rotatable bonds is 2. The second-order valence-corrected chi connectivity index (χ2v) is 5.84. The number of terminal acetylenes is 1. The van der Waals surface area contributed by atoms with Crippen molar-refractivity contribution >= 4 is 23.1 Å². The molecule has 0 unspecified atom stereocenters. The zero-order valence-corrected chi connectivity index (χ0v) is 12.4. The average molecular weight is 296 g/mol. The van der Waals surface area contributed by atoms with E-state index in [1.807, 2.05) is 29.2 Å². The third kappa shape index (κ3) is 2.93. The molecule has 2 amide bonds. The van der Waals surface area contributed by atoms with Gasteiger partial charge in [-0.25, -0.2) is 4.79 Å². The van der Waals surface area contributed by atoms with E-state index in [4.69, 9.17) is 6.42 Å². The minimum Gasteiger partial charge on any atom is -0.317 e. The SMILES string of the molecule is C#Cc1cccc(NC(=O)N2CCC[C@@H]2c2ccsc2)c1. The van der Waals surface area contributed by atoms with E-state index in [0.29, 0.717) is 0 Å². The van der Waals surface area contributed by atoms with Gasteiger partial charge < -0.3 is 10.2 Å². The van der Waals surface area contributed by atoms with Crippen LogP contribution in [0.2, 0.25) is 0 Å². The summed E-state index contributed by atoms with van der Waals surface area (Å²) in [5.41, 5.74) is 2.74. The van der Waals surface area contributed by atoms with E-state index < -0.39 is 0 Å². The minimum absolute atomic E-state index is 0.0575. The van der Waals surface area contributed by atoms with Gasteiger partial charge in [0, 0.05) is 17.8 Å². The number of carbonyl (C=O) groups excluding carboxylic acids is 1. The van der Waals surface area contributed by atoms with Gasteiger partial charge in [-0.1, -0.05) is 12.0 Å². The first-order valence-electron chi connectivity index (χ1n) is 6.94. The van der Waals surface area contributed by atoms with E-state index in [-0.39, 0.29) is 12.1 Å². The van der Waals surface area contributed by atoms with Crippen molar-refractivity contribution in [1.29, 1.82) is 0 Å². The number of urea groups is 1. The molecule has 2 heterocycles. The lowest BCUT2D eigenvalue weighted by atomic mass is 10.1. The van der Waals surface area contributed by atoms with Crippen molar-refractivity contribution in [2.24, 2.45) is 0 Å². The fourth-order valence-corrected chi connectivity index (χ4v) is 3.41. The van der Waals surface area contributed by atoms with Crippen LogP contribution in [0, 0.1) is 12.3 Å². The number of anilines is 1. The Hall–Kier alpha value is -2.25. The van der Waals surface area contributed by atoms with Gasteiger partial charge in [0.1, 0.15) is 0 Å². The van der Waals surface area contributed by atoms with E-state index in [1.165, 1.54) is 5.56 Å². The number of hydrogen-bond donors (Lipinski definition) is 1. The van der Waals surface area contributed by atoms with Gasteiger partial charge in [0.2, 0.25) is 0 Å². The summed E-state index contributed by atoms with van der Waals surface area (Å²) in [6.45, 7) is 0.793. The first kappa shape index (κ1) is 13.7. The van der Waals surface area contributed by atoms with Gasteiger partial charge in [0.05, 0.1) is 6.04 Å². The second-order valence-electron chi connectivity index (χ2n) is 5.06. The number of amides is 2. The molecule has 0 saturated carbocycles. The monoisotopic (exact) mass is 296 g/mol. The Labute approximate surface area is 128 Å². The van der Waals surface area contributed by atoms with Crippen molar-refractivity contribution in [1.82, 2.24) is 4.90 Å². The largest absolute Gasteiger partial charge is 0.322 e. The first-order valence-corrected chi connectivity index (χ1v) is 7.88. The van der Waals surface area contributed by atoms with Crippen LogP contribution < -0.4 is 5.32 Å². The van der Waals surface area contributed by atoms with Crippen LogP contribution >= 0.6 is 11.3 Å². The quantitative estimate of drug-likeness (QED) is 0.831. The molecular weight excluding hydrogens is 280 g/mol. The summed E-state index contributed by atoms with van der Waals surface area (Å²) in [5.74, 6) is 2.58. The van der Waals surface area contributed by atoms with Crippen LogP contribution in [-0.2, 0) is 0 Å². The second kappa shape index (κ2) is 6.02. The highest BCUT2D eigenvalue weighted by molar-refractivity contribution is 7.07. The standard InChI is InChI=1S/C17H16N2OS/c1-2-13-5-3-6-15(11-13)18-17(20)19-9-4-7-16(19)14-8-10-21-12-14/h1,3,5-6,8,10-12,16H,4,7,9H2,(H,18,20)/t16-/m1/s1. The summed E-state index contributed by atoms with van der Waals surface area (Å²) in [5, 5.41) is 7.12. The van der Waals surface area contributed by atoms with E-state index in [2.05, 4.69) is 28.1 Å². The molecule has 0 bridgehead atoms. The Morgan fingerprint density at radius 2 is 2.33 bits per heavy atom. The van der Waals surface area contributed by atoms with Gasteiger partial charge in [-0.05, 0) is 53.4 Å². The van der Waals surface area contributed by atoms with Gasteiger partial charge in [-0.3, -0.25) is 0 Å². The van der Waals surface area contributed by atoms with E-state index in [0.717, 1.165) is 30.6 Å². The lowest BCUT2D eigenvalue weighted by Gasteiger charge is -2.24. The fraction of sp³-hybridized carbons (Fsp3) is 0.235. The first-order chi connectivity index (χ1) is 10.3. The molecule has 1 aliphatic rings. The highest BCUT2D eigenvalue weighted by Crippen LogP contribution is 2.33. The smallest absolute Gasteiger partial charge is 0.317 e. The van der Waals surface area contributed by atoms with Gasteiger partial charge in [-0.2, -0.15) is 11.3 Å². The van der Waals surface area contributed by atoms with Crippen LogP contribution in [0.4, 0.5) is 10.5 Å². The molecule has 0 radical (unpaired) electrons. The molecule has 0 spiro atoms. The van der Waals surface area contributed by atoms with Gasteiger partial charge in [0.25, 0.3) is 0 Å². The van der Waals surface area contributed by atoms with Crippen molar-refractivity contribution in [3.63, 3.8) is 0 Å². The third-order valence-electron chi connectivity index (χ3n) is 3.72. The van der Waals surface area contributed by atoms with Crippen LogP contribution in [0.25, 0.3) is 0 Å². The predicted octanol–water partition coefficient (Wildman–Crippen LogP) is 4.10. The van der Waals surface area contributed by atoms with Gasteiger partial charge in [-0.15, -0.1) is 6.42 Å². The van der Waals surface area contributed by atoms with E-state index >= 15 is 0 Å². The Bertz CT molecular complexity index is 672. The lowest BCUT2D eigenvalue weighted by molar-refractivity contribution is 0.207. The Kier molecular flexibility index (Phi) is 3.94. The molecule has 1 aromatic carbocycles. The van der Waals surface area contributed by atoms with Crippen LogP contribution in [0.1, 0.15) is 30.0 Å². The summed E-state index contributed by atoms with van der Waals surface area (Å²) in [4.78, 5) is 14.4. The van der Waals surface area contributed by atoms with E-state index in [1.54, 1.807) is 11.3 Å². The molecule has 1 saturated heterocycles. The van der Waals surface area contributed by atoms with Crippen molar-refractivity contribution in [3.8, 4) is 12.3 Å². The molecule has 3 rings (SSSR count). The summed E-state index contributed by atoms with van der Waals surface area (Å²) < 4.78 is 0. The molecule has 1 atom stereocenters. The molecule has 1 aromatic heterocycles. The number of likely N-dealkylation sites (tertiary alicyclic amines) is 1. The molecule has 4 heteroatoms. The molecule has 0 aliphatic carbocycles. The highest BCUT2D eigenvalue weighted by Gasteiger charge is 2.30.